The minimum atomic E-state index is -1.21. The monoisotopic (exact) mass is 376 g/mol. The Labute approximate surface area is 156 Å². The summed E-state index contributed by atoms with van der Waals surface area (Å²) in [6.45, 7) is 1.64. The summed E-state index contributed by atoms with van der Waals surface area (Å²) >= 11 is 0. The van der Waals surface area contributed by atoms with E-state index in [-0.39, 0.29) is 11.3 Å². The first-order valence-corrected chi connectivity index (χ1v) is 8.76. The van der Waals surface area contributed by atoms with E-state index >= 15 is 0 Å². The molecular weight excluding hydrogens is 354 g/mol. The third-order valence-electron chi connectivity index (χ3n) is 4.91. The SMILES string of the molecule is COc1cc(F)c(C2CCN(Cc3ccccc3)CC2NC(=O)O)c(F)c1. The Kier molecular flexibility index (Phi) is 5.91. The number of likely N-dealkylation sites (tertiary alicyclic amines) is 1. The molecule has 1 aliphatic heterocycles. The minimum absolute atomic E-state index is 0.0890. The van der Waals surface area contributed by atoms with Crippen LogP contribution in [0.25, 0.3) is 0 Å². The van der Waals surface area contributed by atoms with Crippen molar-refractivity contribution in [3.63, 3.8) is 0 Å². The van der Waals surface area contributed by atoms with Crippen LogP contribution in [0, 0.1) is 11.6 Å². The molecule has 7 heteroatoms. The van der Waals surface area contributed by atoms with Gasteiger partial charge in [0.05, 0.1) is 13.2 Å². The van der Waals surface area contributed by atoms with Crippen LogP contribution in [0.3, 0.4) is 0 Å². The highest BCUT2D eigenvalue weighted by Gasteiger charge is 2.35. The van der Waals surface area contributed by atoms with Crippen LogP contribution in [0.15, 0.2) is 42.5 Å². The highest BCUT2D eigenvalue weighted by atomic mass is 19.1. The van der Waals surface area contributed by atoms with Gasteiger partial charge in [0.1, 0.15) is 17.4 Å². The van der Waals surface area contributed by atoms with Crippen molar-refractivity contribution in [1.29, 1.82) is 0 Å². The topological polar surface area (TPSA) is 61.8 Å². The summed E-state index contributed by atoms with van der Waals surface area (Å²) in [4.78, 5) is 13.3. The number of hydrogen-bond acceptors (Lipinski definition) is 3. The molecule has 144 valence electrons. The Morgan fingerprint density at radius 1 is 1.26 bits per heavy atom. The number of hydrogen-bond donors (Lipinski definition) is 2. The van der Waals surface area contributed by atoms with E-state index in [1.807, 2.05) is 30.3 Å². The molecule has 1 fully saturated rings. The normalized spacial score (nSPS) is 20.3. The fourth-order valence-corrected chi connectivity index (χ4v) is 3.69. The Balaban J connectivity index is 1.83. The number of ether oxygens (including phenoxy) is 1. The summed E-state index contributed by atoms with van der Waals surface area (Å²) in [7, 11) is 1.34. The molecule has 0 aromatic heterocycles. The number of piperidine rings is 1. The first-order chi connectivity index (χ1) is 13.0. The van der Waals surface area contributed by atoms with E-state index in [1.165, 1.54) is 7.11 Å². The van der Waals surface area contributed by atoms with E-state index < -0.39 is 29.7 Å². The lowest BCUT2D eigenvalue weighted by molar-refractivity contribution is 0.145. The molecule has 0 radical (unpaired) electrons. The maximum Gasteiger partial charge on any atom is 0.404 e. The standard InChI is InChI=1S/C20H22F2N2O3/c1-27-14-9-16(21)19(17(22)10-14)15-7-8-24(12-18(15)23-20(25)26)11-13-5-3-2-4-6-13/h2-6,9-10,15,18,23H,7-8,11-12H2,1H3,(H,25,26). The van der Waals surface area contributed by atoms with Gasteiger partial charge in [-0.1, -0.05) is 30.3 Å². The predicted molar refractivity (Wildman–Crippen MR) is 96.9 cm³/mol. The Morgan fingerprint density at radius 3 is 2.52 bits per heavy atom. The fraction of sp³-hybridized carbons (Fsp3) is 0.350. The lowest BCUT2D eigenvalue weighted by atomic mass is 9.84. The van der Waals surface area contributed by atoms with Crippen LogP contribution < -0.4 is 10.1 Å². The molecule has 0 bridgehead atoms. The smallest absolute Gasteiger partial charge is 0.404 e. The highest BCUT2D eigenvalue weighted by Crippen LogP contribution is 2.34. The number of methoxy groups -OCH3 is 1. The third-order valence-corrected chi connectivity index (χ3v) is 4.91. The average Bonchev–Trinajstić information content (AvgIpc) is 2.63. The maximum atomic E-state index is 14.5. The summed E-state index contributed by atoms with van der Waals surface area (Å²) in [5, 5.41) is 11.6. The van der Waals surface area contributed by atoms with E-state index in [4.69, 9.17) is 4.74 Å². The van der Waals surface area contributed by atoms with Gasteiger partial charge < -0.3 is 15.2 Å². The van der Waals surface area contributed by atoms with Gasteiger partial charge in [-0.25, -0.2) is 13.6 Å². The summed E-state index contributed by atoms with van der Waals surface area (Å²) in [6.07, 6.45) is -0.765. The molecule has 2 N–H and O–H groups in total. The number of rotatable bonds is 5. The van der Waals surface area contributed by atoms with Crippen molar-refractivity contribution in [3.05, 3.63) is 65.2 Å². The molecule has 2 aromatic carbocycles. The first kappa shape index (κ1) is 19.1. The second-order valence-corrected chi connectivity index (χ2v) is 6.68. The lowest BCUT2D eigenvalue weighted by Crippen LogP contribution is -2.51. The van der Waals surface area contributed by atoms with Crippen LogP contribution in [-0.4, -0.2) is 42.3 Å². The van der Waals surface area contributed by atoms with Gasteiger partial charge in [-0.15, -0.1) is 0 Å². The van der Waals surface area contributed by atoms with Crippen LogP contribution in [0.1, 0.15) is 23.5 Å². The molecule has 0 spiro atoms. The summed E-state index contributed by atoms with van der Waals surface area (Å²) in [5.74, 6) is -1.92. The zero-order valence-corrected chi connectivity index (χ0v) is 15.0. The van der Waals surface area contributed by atoms with Crippen molar-refractivity contribution in [2.75, 3.05) is 20.2 Å². The summed E-state index contributed by atoms with van der Waals surface area (Å²) < 4.78 is 34.0. The van der Waals surface area contributed by atoms with Gasteiger partial charge in [0.2, 0.25) is 0 Å². The van der Waals surface area contributed by atoms with E-state index in [2.05, 4.69) is 10.2 Å². The van der Waals surface area contributed by atoms with Gasteiger partial charge in [0, 0.05) is 36.7 Å². The largest absolute Gasteiger partial charge is 0.497 e. The molecule has 2 unspecified atom stereocenters. The molecule has 3 rings (SSSR count). The Bertz CT molecular complexity index is 778. The highest BCUT2D eigenvalue weighted by molar-refractivity contribution is 5.65. The van der Waals surface area contributed by atoms with Crippen molar-refractivity contribution in [3.8, 4) is 5.75 Å². The van der Waals surface area contributed by atoms with E-state index in [1.54, 1.807) is 0 Å². The number of nitrogens with one attached hydrogen (secondary N) is 1. The van der Waals surface area contributed by atoms with Crippen molar-refractivity contribution in [2.45, 2.75) is 24.9 Å². The predicted octanol–water partition coefficient (Wildman–Crippen LogP) is 3.60. The molecule has 2 aromatic rings. The molecule has 27 heavy (non-hydrogen) atoms. The molecule has 0 aliphatic carbocycles. The number of amides is 1. The molecular formula is C20H22F2N2O3. The van der Waals surface area contributed by atoms with Crippen molar-refractivity contribution < 1.29 is 23.4 Å². The zero-order chi connectivity index (χ0) is 19.4. The molecule has 1 heterocycles. The summed E-state index contributed by atoms with van der Waals surface area (Å²) in [6, 6.07) is 11.5. The van der Waals surface area contributed by atoms with Crippen LogP contribution in [0.4, 0.5) is 13.6 Å². The van der Waals surface area contributed by atoms with Gasteiger partial charge in [-0.2, -0.15) is 0 Å². The van der Waals surface area contributed by atoms with Crippen LogP contribution in [-0.2, 0) is 6.54 Å². The van der Waals surface area contributed by atoms with Gasteiger partial charge in [0.25, 0.3) is 0 Å². The van der Waals surface area contributed by atoms with Gasteiger partial charge in [-0.05, 0) is 18.5 Å². The summed E-state index contributed by atoms with van der Waals surface area (Å²) in [5.41, 5.74) is 1.01. The number of carboxylic acid groups (broad SMARTS) is 1. The quantitative estimate of drug-likeness (QED) is 0.837. The van der Waals surface area contributed by atoms with Gasteiger partial charge in [0.15, 0.2) is 0 Å². The van der Waals surface area contributed by atoms with Crippen molar-refractivity contribution >= 4 is 6.09 Å². The van der Waals surface area contributed by atoms with Crippen LogP contribution in [0.2, 0.25) is 0 Å². The molecule has 1 saturated heterocycles. The van der Waals surface area contributed by atoms with Gasteiger partial charge in [-0.3, -0.25) is 4.90 Å². The molecule has 2 atom stereocenters. The molecule has 0 saturated carbocycles. The van der Waals surface area contributed by atoms with Crippen molar-refractivity contribution in [2.24, 2.45) is 0 Å². The van der Waals surface area contributed by atoms with Gasteiger partial charge >= 0.3 is 6.09 Å². The third kappa shape index (κ3) is 4.54. The second-order valence-electron chi connectivity index (χ2n) is 6.68. The van der Waals surface area contributed by atoms with E-state index in [0.29, 0.717) is 26.1 Å². The lowest BCUT2D eigenvalue weighted by Gasteiger charge is -2.39. The molecule has 5 nitrogen and oxygen atoms in total. The average molecular weight is 376 g/mol. The van der Waals surface area contributed by atoms with E-state index in [9.17, 15) is 18.7 Å². The zero-order valence-electron chi connectivity index (χ0n) is 15.0. The first-order valence-electron chi connectivity index (χ1n) is 8.76. The molecule has 1 amide bonds. The Morgan fingerprint density at radius 2 is 1.93 bits per heavy atom. The number of nitrogens with zero attached hydrogens (tertiary/aromatic N) is 1. The van der Waals surface area contributed by atoms with Crippen molar-refractivity contribution in [1.82, 2.24) is 10.2 Å². The Hall–Kier alpha value is -2.67. The minimum Gasteiger partial charge on any atom is -0.497 e. The maximum absolute atomic E-state index is 14.5. The fourth-order valence-electron chi connectivity index (χ4n) is 3.69. The number of halogens is 2. The van der Waals surface area contributed by atoms with Crippen LogP contribution >= 0.6 is 0 Å². The van der Waals surface area contributed by atoms with Crippen LogP contribution in [0.5, 0.6) is 5.75 Å². The number of benzene rings is 2. The van der Waals surface area contributed by atoms with E-state index in [0.717, 1.165) is 17.7 Å². The second kappa shape index (κ2) is 8.35. The molecule has 1 aliphatic rings. The number of carbonyl (C=O) groups is 1.